The van der Waals surface area contributed by atoms with E-state index in [1.54, 1.807) is 6.07 Å². The fourth-order valence-electron chi connectivity index (χ4n) is 3.11. The van der Waals surface area contributed by atoms with Crippen LogP contribution in [0.15, 0.2) is 18.2 Å². The molecule has 1 aliphatic heterocycles. The molecule has 1 aromatic carbocycles. The summed E-state index contributed by atoms with van der Waals surface area (Å²) >= 11 is 0. The molecule has 0 bridgehead atoms. The number of aliphatic hydroxyl groups excluding tert-OH is 1. The zero-order chi connectivity index (χ0) is 17.5. The second kappa shape index (κ2) is 8.87. The summed E-state index contributed by atoms with van der Waals surface area (Å²) in [6.07, 6.45) is 2.61. The van der Waals surface area contributed by atoms with E-state index < -0.39 is 0 Å². The lowest BCUT2D eigenvalue weighted by Gasteiger charge is -2.35. The number of carbonyl (C=O) groups is 1. The number of nitrogens with zero attached hydrogens (tertiary/aromatic N) is 1. The molecule has 0 aliphatic carbocycles. The first kappa shape index (κ1) is 18.5. The highest BCUT2D eigenvalue weighted by atomic mass is 19.1. The largest absolute Gasteiger partial charge is 0.396 e. The number of anilines is 1. The van der Waals surface area contributed by atoms with Gasteiger partial charge in [-0.05, 0) is 55.9 Å². The zero-order valence-corrected chi connectivity index (χ0v) is 14.5. The number of piperidine rings is 1. The molecular formula is C18H28FN3O2. The predicted molar refractivity (Wildman–Crippen MR) is 93.8 cm³/mol. The van der Waals surface area contributed by atoms with Crippen molar-refractivity contribution in [2.24, 2.45) is 5.92 Å². The third kappa shape index (κ3) is 5.37. The molecule has 0 saturated carbocycles. The van der Waals surface area contributed by atoms with Gasteiger partial charge in [-0.3, -0.25) is 0 Å². The minimum absolute atomic E-state index is 0.0800. The van der Waals surface area contributed by atoms with E-state index in [4.69, 9.17) is 5.11 Å². The number of aliphatic hydroxyl groups is 1. The van der Waals surface area contributed by atoms with Crippen molar-refractivity contribution in [2.75, 3.05) is 31.1 Å². The van der Waals surface area contributed by atoms with Crippen LogP contribution >= 0.6 is 0 Å². The van der Waals surface area contributed by atoms with Crippen LogP contribution in [0.25, 0.3) is 0 Å². The Kier molecular flexibility index (Phi) is 6.85. The molecule has 24 heavy (non-hydrogen) atoms. The van der Waals surface area contributed by atoms with Crippen LogP contribution in [0.5, 0.6) is 0 Å². The second-order valence-electron chi connectivity index (χ2n) is 6.69. The molecule has 5 nitrogen and oxygen atoms in total. The molecule has 3 N–H and O–H groups in total. The van der Waals surface area contributed by atoms with Gasteiger partial charge in [0.05, 0.1) is 0 Å². The van der Waals surface area contributed by atoms with Gasteiger partial charge < -0.3 is 20.6 Å². The van der Waals surface area contributed by atoms with Gasteiger partial charge in [-0.1, -0.05) is 6.92 Å². The number of hydrogen-bond acceptors (Lipinski definition) is 3. The number of halogens is 1. The van der Waals surface area contributed by atoms with Crippen LogP contribution in [-0.4, -0.2) is 43.4 Å². The van der Waals surface area contributed by atoms with Crippen molar-refractivity contribution in [3.63, 3.8) is 0 Å². The summed E-state index contributed by atoms with van der Waals surface area (Å²) in [6.45, 7) is 6.24. The number of rotatable bonds is 6. The maximum atomic E-state index is 13.3. The average Bonchev–Trinajstić information content (AvgIpc) is 2.53. The van der Waals surface area contributed by atoms with Crippen molar-refractivity contribution < 1.29 is 14.3 Å². The number of carbonyl (C=O) groups excluding carboxylic acids is 1. The maximum absolute atomic E-state index is 13.3. The number of amides is 2. The molecule has 1 aromatic rings. The smallest absolute Gasteiger partial charge is 0.315 e. The Hall–Kier alpha value is -1.82. The van der Waals surface area contributed by atoms with Gasteiger partial charge in [0.1, 0.15) is 5.82 Å². The standard InChI is InChI=1S/C18H28FN3O2/c1-13(7-9-23)11-20-18(24)21-16-4-3-8-22(12-16)17-6-5-15(19)10-14(17)2/h5-6,10,13,16,23H,3-4,7-9,11-12H2,1-2H3,(H2,20,21,24)/t13-,16-/m0/s1. The van der Waals surface area contributed by atoms with Crippen molar-refractivity contribution in [3.05, 3.63) is 29.6 Å². The molecule has 1 saturated heterocycles. The van der Waals surface area contributed by atoms with Gasteiger partial charge in [-0.25, -0.2) is 9.18 Å². The Balaban J connectivity index is 1.85. The summed E-state index contributed by atoms with van der Waals surface area (Å²) < 4.78 is 13.3. The highest BCUT2D eigenvalue weighted by Gasteiger charge is 2.22. The van der Waals surface area contributed by atoms with Crippen molar-refractivity contribution in [1.82, 2.24) is 10.6 Å². The summed E-state index contributed by atoms with van der Waals surface area (Å²) in [5, 5.41) is 14.8. The number of benzene rings is 1. The van der Waals surface area contributed by atoms with Crippen LogP contribution in [0.1, 0.15) is 31.7 Å². The van der Waals surface area contributed by atoms with Gasteiger partial charge in [-0.2, -0.15) is 0 Å². The average molecular weight is 337 g/mol. The summed E-state index contributed by atoms with van der Waals surface area (Å²) in [4.78, 5) is 14.2. The molecule has 134 valence electrons. The first-order chi connectivity index (χ1) is 11.5. The van der Waals surface area contributed by atoms with Gasteiger partial charge in [0.15, 0.2) is 0 Å². The lowest BCUT2D eigenvalue weighted by atomic mass is 10.0. The Morgan fingerprint density at radius 3 is 3.00 bits per heavy atom. The van der Waals surface area contributed by atoms with E-state index in [9.17, 15) is 9.18 Å². The van der Waals surface area contributed by atoms with Crippen LogP contribution in [0.2, 0.25) is 0 Å². The molecular weight excluding hydrogens is 309 g/mol. The van der Waals surface area contributed by atoms with Crippen molar-refractivity contribution in [3.8, 4) is 0 Å². The van der Waals surface area contributed by atoms with E-state index in [-0.39, 0.29) is 30.4 Å². The monoisotopic (exact) mass is 337 g/mol. The Labute approximate surface area is 143 Å². The third-order valence-electron chi connectivity index (χ3n) is 4.49. The van der Waals surface area contributed by atoms with Gasteiger partial charge in [0.25, 0.3) is 0 Å². The van der Waals surface area contributed by atoms with E-state index in [2.05, 4.69) is 15.5 Å². The summed E-state index contributed by atoms with van der Waals surface area (Å²) in [5.74, 6) is 0.0322. The number of hydrogen-bond donors (Lipinski definition) is 3. The molecule has 0 radical (unpaired) electrons. The quantitative estimate of drug-likeness (QED) is 0.747. The number of aryl methyl sites for hydroxylation is 1. The first-order valence-corrected chi connectivity index (χ1v) is 8.66. The van der Waals surface area contributed by atoms with Crippen LogP contribution in [0, 0.1) is 18.7 Å². The maximum Gasteiger partial charge on any atom is 0.315 e. The summed E-state index contributed by atoms with van der Waals surface area (Å²) in [7, 11) is 0. The van der Waals surface area contributed by atoms with Crippen molar-refractivity contribution in [2.45, 2.75) is 39.2 Å². The van der Waals surface area contributed by atoms with Gasteiger partial charge in [0.2, 0.25) is 0 Å². The number of urea groups is 1. The van der Waals surface area contributed by atoms with Crippen LogP contribution in [-0.2, 0) is 0 Å². The molecule has 2 amide bonds. The fourth-order valence-corrected chi connectivity index (χ4v) is 3.11. The minimum Gasteiger partial charge on any atom is -0.396 e. The van der Waals surface area contributed by atoms with Crippen LogP contribution < -0.4 is 15.5 Å². The highest BCUT2D eigenvalue weighted by Crippen LogP contribution is 2.24. The Morgan fingerprint density at radius 2 is 2.29 bits per heavy atom. The third-order valence-corrected chi connectivity index (χ3v) is 4.49. The second-order valence-corrected chi connectivity index (χ2v) is 6.69. The normalized spacial score (nSPS) is 19.0. The van der Waals surface area contributed by atoms with Gasteiger partial charge >= 0.3 is 6.03 Å². The Morgan fingerprint density at radius 1 is 1.50 bits per heavy atom. The summed E-state index contributed by atoms with van der Waals surface area (Å²) in [5.41, 5.74) is 1.94. The number of nitrogens with one attached hydrogen (secondary N) is 2. The van der Waals surface area contributed by atoms with E-state index in [0.29, 0.717) is 13.0 Å². The minimum atomic E-state index is -0.223. The zero-order valence-electron chi connectivity index (χ0n) is 14.5. The topological polar surface area (TPSA) is 64.6 Å². The van der Waals surface area contributed by atoms with E-state index in [1.165, 1.54) is 6.07 Å². The van der Waals surface area contributed by atoms with Crippen molar-refractivity contribution >= 4 is 11.7 Å². The van der Waals surface area contributed by atoms with Crippen LogP contribution in [0.3, 0.4) is 0 Å². The lowest BCUT2D eigenvalue weighted by Crippen LogP contribution is -2.51. The molecule has 0 aromatic heterocycles. The van der Waals surface area contributed by atoms with Gasteiger partial charge in [0, 0.05) is 38.0 Å². The van der Waals surface area contributed by atoms with Gasteiger partial charge in [-0.15, -0.1) is 0 Å². The predicted octanol–water partition coefficient (Wildman–Crippen LogP) is 2.42. The fraction of sp³-hybridized carbons (Fsp3) is 0.611. The molecule has 1 aliphatic rings. The molecule has 2 rings (SSSR count). The molecule has 1 fully saturated rings. The van der Waals surface area contributed by atoms with E-state index in [0.717, 1.165) is 37.2 Å². The highest BCUT2D eigenvalue weighted by molar-refractivity contribution is 5.74. The van der Waals surface area contributed by atoms with E-state index in [1.807, 2.05) is 19.9 Å². The molecule has 1 heterocycles. The van der Waals surface area contributed by atoms with Crippen molar-refractivity contribution in [1.29, 1.82) is 0 Å². The first-order valence-electron chi connectivity index (χ1n) is 8.66. The SMILES string of the molecule is Cc1cc(F)ccc1N1CCC[C@H](NC(=O)NC[C@@H](C)CCO)C1. The summed E-state index contributed by atoms with van der Waals surface area (Å²) in [6, 6.07) is 4.75. The Bertz CT molecular complexity index is 553. The molecule has 2 atom stereocenters. The molecule has 0 spiro atoms. The lowest BCUT2D eigenvalue weighted by molar-refractivity contribution is 0.229. The molecule has 0 unspecified atom stereocenters. The van der Waals surface area contributed by atoms with Crippen LogP contribution in [0.4, 0.5) is 14.9 Å². The van der Waals surface area contributed by atoms with E-state index >= 15 is 0 Å². The molecule has 6 heteroatoms.